The third kappa shape index (κ3) is 5.86. The highest BCUT2D eigenvalue weighted by Crippen LogP contribution is 2.40. The molecule has 1 heterocycles. The molecule has 1 aromatic rings. The smallest absolute Gasteiger partial charge is 0.306 e. The molecule has 0 saturated carbocycles. The Morgan fingerprint density at radius 2 is 1.82 bits per heavy atom. The van der Waals surface area contributed by atoms with E-state index < -0.39 is 26.2 Å². The molecule has 0 unspecified atom stereocenters. The Labute approximate surface area is 202 Å². The number of rotatable bonds is 9. The first-order chi connectivity index (χ1) is 15.9. The summed E-state index contributed by atoms with van der Waals surface area (Å²) >= 11 is 0. The van der Waals surface area contributed by atoms with Crippen molar-refractivity contribution < 1.29 is 23.5 Å². The number of amides is 1. The SMILES string of the molecule is CC(C)(C)[Si](C)(C)OC1=C2CN([C@H](CCC(=O)OCc3ccccc3)C(N)=O)C=C2C=CC1=O. The largest absolute Gasteiger partial charge is 0.541 e. The highest BCUT2D eigenvalue weighted by atomic mass is 28.4. The number of hydrogen-bond donors (Lipinski definition) is 1. The fraction of sp³-hybridized carbons (Fsp3) is 0.423. The number of esters is 1. The van der Waals surface area contributed by atoms with Crippen LogP contribution in [0.2, 0.25) is 18.1 Å². The van der Waals surface area contributed by atoms with E-state index in [-0.39, 0.29) is 30.3 Å². The summed E-state index contributed by atoms with van der Waals surface area (Å²) in [6, 6.07) is 8.71. The fourth-order valence-electron chi connectivity index (χ4n) is 3.57. The third-order valence-electron chi connectivity index (χ3n) is 6.66. The Hall–Kier alpha value is -3.13. The number of fused-ring (bicyclic) bond motifs is 1. The van der Waals surface area contributed by atoms with Crippen LogP contribution < -0.4 is 5.73 Å². The van der Waals surface area contributed by atoms with Gasteiger partial charge < -0.3 is 19.8 Å². The second-order valence-corrected chi connectivity index (χ2v) is 15.0. The number of benzene rings is 1. The van der Waals surface area contributed by atoms with E-state index in [4.69, 9.17) is 14.9 Å². The highest BCUT2D eigenvalue weighted by molar-refractivity contribution is 6.74. The minimum Gasteiger partial charge on any atom is -0.541 e. The predicted octanol–water partition coefficient (Wildman–Crippen LogP) is 3.98. The number of ether oxygens (including phenoxy) is 1. The van der Waals surface area contributed by atoms with Gasteiger partial charge in [-0.1, -0.05) is 51.1 Å². The summed E-state index contributed by atoms with van der Waals surface area (Å²) in [4.78, 5) is 39.0. The minimum absolute atomic E-state index is 0.0568. The average Bonchev–Trinajstić information content (AvgIpc) is 3.18. The van der Waals surface area contributed by atoms with Gasteiger partial charge in [0.15, 0.2) is 5.76 Å². The second kappa shape index (κ2) is 10.0. The Bertz CT molecular complexity index is 1050. The van der Waals surface area contributed by atoms with Crippen LogP contribution >= 0.6 is 0 Å². The molecule has 0 aromatic heterocycles. The van der Waals surface area contributed by atoms with Gasteiger partial charge in [0.2, 0.25) is 11.7 Å². The van der Waals surface area contributed by atoms with Crippen LogP contribution in [-0.2, 0) is 30.2 Å². The molecule has 0 bridgehead atoms. The molecule has 1 amide bonds. The number of carbonyl (C=O) groups excluding carboxylic acids is 3. The van der Waals surface area contributed by atoms with Gasteiger partial charge in [0.1, 0.15) is 12.6 Å². The van der Waals surface area contributed by atoms with Gasteiger partial charge in [-0.05, 0) is 47.8 Å². The van der Waals surface area contributed by atoms with E-state index in [1.807, 2.05) is 36.5 Å². The molecule has 0 radical (unpaired) electrons. The van der Waals surface area contributed by atoms with Crippen molar-refractivity contribution in [3.8, 4) is 0 Å². The number of carbonyl (C=O) groups is 3. The van der Waals surface area contributed by atoms with Crippen LogP contribution in [-0.4, -0.2) is 43.5 Å². The maximum Gasteiger partial charge on any atom is 0.306 e. The Balaban J connectivity index is 1.69. The average molecular weight is 483 g/mol. The number of allylic oxidation sites excluding steroid dienone is 2. The molecular formula is C26H34N2O5Si. The first-order valence-corrected chi connectivity index (χ1v) is 14.4. The molecular weight excluding hydrogens is 448 g/mol. The second-order valence-electron chi connectivity index (χ2n) is 10.2. The van der Waals surface area contributed by atoms with E-state index in [2.05, 4.69) is 33.9 Å². The number of ketones is 1. The number of hydrogen-bond acceptors (Lipinski definition) is 6. The molecule has 2 aliphatic rings. The molecule has 2 N–H and O–H groups in total. The first kappa shape index (κ1) is 25.5. The summed E-state index contributed by atoms with van der Waals surface area (Å²) in [6.45, 7) is 11.0. The Kier molecular flexibility index (Phi) is 7.50. The van der Waals surface area contributed by atoms with E-state index in [0.717, 1.165) is 16.7 Å². The molecule has 1 aliphatic carbocycles. The summed E-state index contributed by atoms with van der Waals surface area (Å²) < 4.78 is 11.7. The van der Waals surface area contributed by atoms with Crippen LogP contribution in [0.25, 0.3) is 0 Å². The van der Waals surface area contributed by atoms with Crippen LogP contribution in [0.3, 0.4) is 0 Å². The van der Waals surface area contributed by atoms with E-state index in [0.29, 0.717) is 12.3 Å². The van der Waals surface area contributed by atoms with E-state index in [9.17, 15) is 14.4 Å². The van der Waals surface area contributed by atoms with Crippen molar-refractivity contribution in [2.45, 2.75) is 64.4 Å². The van der Waals surface area contributed by atoms with Gasteiger partial charge in [-0.3, -0.25) is 14.4 Å². The van der Waals surface area contributed by atoms with Crippen molar-refractivity contribution >= 4 is 26.0 Å². The van der Waals surface area contributed by atoms with Gasteiger partial charge in [-0.25, -0.2) is 0 Å². The van der Waals surface area contributed by atoms with Gasteiger partial charge in [-0.15, -0.1) is 0 Å². The van der Waals surface area contributed by atoms with Crippen molar-refractivity contribution in [2.75, 3.05) is 6.54 Å². The van der Waals surface area contributed by atoms with Crippen molar-refractivity contribution in [1.29, 1.82) is 0 Å². The normalized spacial score (nSPS) is 16.8. The monoisotopic (exact) mass is 482 g/mol. The first-order valence-electron chi connectivity index (χ1n) is 11.5. The molecule has 34 heavy (non-hydrogen) atoms. The number of nitrogens with zero attached hydrogens (tertiary/aromatic N) is 1. The van der Waals surface area contributed by atoms with Gasteiger partial charge in [0.25, 0.3) is 8.32 Å². The van der Waals surface area contributed by atoms with Crippen LogP contribution in [0.1, 0.15) is 39.2 Å². The Morgan fingerprint density at radius 1 is 1.15 bits per heavy atom. The van der Waals surface area contributed by atoms with Gasteiger partial charge >= 0.3 is 5.97 Å². The third-order valence-corrected chi connectivity index (χ3v) is 11.0. The summed E-state index contributed by atoms with van der Waals surface area (Å²) in [5.41, 5.74) is 8.17. The van der Waals surface area contributed by atoms with Gasteiger partial charge in [0.05, 0.1) is 0 Å². The number of nitrogens with two attached hydrogens (primary N) is 1. The summed E-state index contributed by atoms with van der Waals surface area (Å²) in [6.07, 6.45) is 5.33. The van der Waals surface area contributed by atoms with Gasteiger partial charge in [0, 0.05) is 24.7 Å². The molecule has 1 aliphatic heterocycles. The minimum atomic E-state index is -2.24. The molecule has 1 atom stereocenters. The summed E-state index contributed by atoms with van der Waals surface area (Å²) in [5.74, 6) is -0.739. The maximum absolute atomic E-state index is 12.7. The number of primary amides is 1. The molecule has 0 fully saturated rings. The van der Waals surface area contributed by atoms with Crippen molar-refractivity contribution in [3.63, 3.8) is 0 Å². The van der Waals surface area contributed by atoms with Gasteiger partial charge in [-0.2, -0.15) is 0 Å². The lowest BCUT2D eigenvalue weighted by atomic mass is 10.0. The topological polar surface area (TPSA) is 98.9 Å². The predicted molar refractivity (Wildman–Crippen MR) is 133 cm³/mol. The molecule has 1 aromatic carbocycles. The molecule has 8 heteroatoms. The van der Waals surface area contributed by atoms with Crippen molar-refractivity contribution in [1.82, 2.24) is 4.90 Å². The molecule has 0 spiro atoms. The van der Waals surface area contributed by atoms with Crippen LogP contribution in [0.5, 0.6) is 0 Å². The molecule has 0 saturated heterocycles. The molecule has 182 valence electrons. The van der Waals surface area contributed by atoms with Crippen molar-refractivity contribution in [2.24, 2.45) is 5.73 Å². The van der Waals surface area contributed by atoms with Crippen molar-refractivity contribution in [3.05, 3.63) is 71.2 Å². The van der Waals surface area contributed by atoms with E-state index >= 15 is 0 Å². The highest BCUT2D eigenvalue weighted by Gasteiger charge is 2.42. The van der Waals surface area contributed by atoms with Crippen LogP contribution in [0, 0.1) is 0 Å². The van der Waals surface area contributed by atoms with E-state index in [1.165, 1.54) is 6.08 Å². The zero-order chi connectivity index (χ0) is 25.1. The lowest BCUT2D eigenvalue weighted by Crippen LogP contribution is -2.43. The lowest BCUT2D eigenvalue weighted by Gasteiger charge is -2.37. The zero-order valence-electron chi connectivity index (χ0n) is 20.6. The van der Waals surface area contributed by atoms with Crippen LogP contribution in [0.15, 0.2) is 65.6 Å². The van der Waals surface area contributed by atoms with Crippen LogP contribution in [0.4, 0.5) is 0 Å². The summed E-state index contributed by atoms with van der Waals surface area (Å²) in [5, 5.41) is -0.0694. The molecule has 7 nitrogen and oxygen atoms in total. The lowest BCUT2D eigenvalue weighted by molar-refractivity contribution is -0.145. The summed E-state index contributed by atoms with van der Waals surface area (Å²) in [7, 11) is -2.24. The van der Waals surface area contributed by atoms with E-state index in [1.54, 1.807) is 11.0 Å². The molecule has 3 rings (SSSR count). The Morgan fingerprint density at radius 3 is 2.44 bits per heavy atom. The fourth-order valence-corrected chi connectivity index (χ4v) is 4.61. The zero-order valence-corrected chi connectivity index (χ0v) is 21.6. The maximum atomic E-state index is 12.7. The standard InChI is InChI=1S/C26H34N2O5Si/c1-26(2,3)34(4,5)33-24-20-16-28(15-19(20)11-13-22(24)29)21(25(27)31)12-14-23(30)32-17-18-9-7-6-8-10-18/h6-11,13,15,21H,12,14,16-17H2,1-5H3,(H2,27,31)/t21-/m1/s1. The quantitative estimate of drug-likeness (QED) is 0.422.